The van der Waals surface area contributed by atoms with Crippen LogP contribution in [0.3, 0.4) is 0 Å². The summed E-state index contributed by atoms with van der Waals surface area (Å²) in [6.45, 7) is -0.0731. The summed E-state index contributed by atoms with van der Waals surface area (Å²) in [5.41, 5.74) is 1.56. The van der Waals surface area contributed by atoms with Crippen LogP contribution in [-0.4, -0.2) is 11.0 Å². The fourth-order valence-electron chi connectivity index (χ4n) is 1.85. The summed E-state index contributed by atoms with van der Waals surface area (Å²) >= 11 is 11.8. The average Bonchev–Trinajstić information content (AvgIpc) is 2.90. The Morgan fingerprint density at radius 3 is 2.76 bits per heavy atom. The Hall–Kier alpha value is -2.04. The van der Waals surface area contributed by atoms with E-state index in [2.05, 4.69) is 4.98 Å². The zero-order valence-electron chi connectivity index (χ0n) is 10.7. The highest BCUT2D eigenvalue weighted by atomic mass is 35.5. The number of fused-ring (bicyclic) bond motifs is 1. The van der Waals surface area contributed by atoms with Crippen molar-refractivity contribution >= 4 is 40.3 Å². The fourth-order valence-corrected chi connectivity index (χ4v) is 2.23. The van der Waals surface area contributed by atoms with Gasteiger partial charge in [0.05, 0.1) is 15.6 Å². The van der Waals surface area contributed by atoms with Gasteiger partial charge in [-0.1, -0.05) is 41.4 Å². The second-order valence-electron chi connectivity index (χ2n) is 4.25. The smallest absolute Gasteiger partial charge is 0.340 e. The summed E-state index contributed by atoms with van der Waals surface area (Å²) in [4.78, 5) is 16.2. The summed E-state index contributed by atoms with van der Waals surface area (Å²) < 4.78 is 10.6. The lowest BCUT2D eigenvalue weighted by atomic mass is 10.2. The van der Waals surface area contributed by atoms with Gasteiger partial charge in [0, 0.05) is 0 Å². The molecule has 3 rings (SSSR count). The zero-order valence-corrected chi connectivity index (χ0v) is 12.2. The van der Waals surface area contributed by atoms with Gasteiger partial charge < -0.3 is 9.15 Å². The molecular weight excluding hydrogens is 313 g/mol. The number of para-hydroxylation sites is 2. The number of esters is 1. The van der Waals surface area contributed by atoms with Crippen molar-refractivity contribution in [2.45, 2.75) is 6.61 Å². The highest BCUT2D eigenvalue weighted by Crippen LogP contribution is 2.26. The molecule has 2 aromatic carbocycles. The third-order valence-corrected chi connectivity index (χ3v) is 3.66. The van der Waals surface area contributed by atoms with Crippen LogP contribution in [0.1, 0.15) is 16.2 Å². The van der Waals surface area contributed by atoms with Crippen molar-refractivity contribution < 1.29 is 13.9 Å². The van der Waals surface area contributed by atoms with E-state index in [0.29, 0.717) is 22.0 Å². The van der Waals surface area contributed by atoms with Gasteiger partial charge in [-0.05, 0) is 24.3 Å². The van der Waals surface area contributed by atoms with Crippen LogP contribution in [0.25, 0.3) is 11.1 Å². The summed E-state index contributed by atoms with van der Waals surface area (Å²) in [5.74, 6) is -0.257. The number of carbonyl (C=O) groups excluding carboxylic acids is 1. The topological polar surface area (TPSA) is 52.3 Å². The molecule has 0 amide bonds. The molecule has 4 nitrogen and oxygen atoms in total. The molecule has 0 aliphatic rings. The number of hydrogen-bond acceptors (Lipinski definition) is 4. The van der Waals surface area contributed by atoms with Crippen LogP contribution in [0.2, 0.25) is 10.0 Å². The molecule has 0 atom stereocenters. The van der Waals surface area contributed by atoms with Crippen LogP contribution < -0.4 is 0 Å². The number of benzene rings is 2. The Balaban J connectivity index is 1.75. The number of aromatic nitrogens is 1. The Morgan fingerprint density at radius 1 is 1.14 bits per heavy atom. The van der Waals surface area contributed by atoms with E-state index in [9.17, 15) is 4.79 Å². The Bertz CT molecular complexity index is 781. The van der Waals surface area contributed by atoms with Gasteiger partial charge in [0.1, 0.15) is 5.52 Å². The maximum Gasteiger partial charge on any atom is 0.340 e. The molecule has 0 bridgehead atoms. The maximum absolute atomic E-state index is 12.0. The first-order valence-electron chi connectivity index (χ1n) is 6.11. The Kier molecular flexibility index (Phi) is 3.82. The van der Waals surface area contributed by atoms with Gasteiger partial charge in [0.25, 0.3) is 0 Å². The van der Waals surface area contributed by atoms with Gasteiger partial charge in [-0.3, -0.25) is 0 Å². The first-order valence-corrected chi connectivity index (χ1v) is 6.86. The van der Waals surface area contributed by atoms with E-state index in [0.717, 1.165) is 0 Å². The summed E-state index contributed by atoms with van der Waals surface area (Å²) in [5, 5.41) is 0.467. The van der Waals surface area contributed by atoms with Crippen LogP contribution in [-0.2, 0) is 11.3 Å². The van der Waals surface area contributed by atoms with Crippen molar-refractivity contribution in [2.24, 2.45) is 0 Å². The molecule has 0 fully saturated rings. The third-order valence-electron chi connectivity index (χ3n) is 2.84. The monoisotopic (exact) mass is 321 g/mol. The zero-order chi connectivity index (χ0) is 14.8. The van der Waals surface area contributed by atoms with Crippen molar-refractivity contribution in [3.63, 3.8) is 0 Å². The number of halogens is 2. The molecule has 0 saturated heterocycles. The molecule has 6 heteroatoms. The largest absolute Gasteiger partial charge is 0.452 e. The highest BCUT2D eigenvalue weighted by molar-refractivity contribution is 6.43. The minimum Gasteiger partial charge on any atom is -0.452 e. The van der Waals surface area contributed by atoms with E-state index < -0.39 is 5.97 Å². The van der Waals surface area contributed by atoms with Gasteiger partial charge in [-0.15, -0.1) is 0 Å². The molecular formula is C15H9Cl2NO3. The van der Waals surface area contributed by atoms with Gasteiger partial charge in [0.15, 0.2) is 12.2 Å². The number of ether oxygens (including phenoxy) is 1. The minimum absolute atomic E-state index is 0.0731. The number of oxazole rings is 1. The van der Waals surface area contributed by atoms with Gasteiger partial charge >= 0.3 is 5.97 Å². The molecule has 0 radical (unpaired) electrons. The summed E-state index contributed by atoms with van der Waals surface area (Å²) in [6, 6.07) is 12.1. The van der Waals surface area contributed by atoms with E-state index >= 15 is 0 Å². The Labute approximate surface area is 130 Å². The quantitative estimate of drug-likeness (QED) is 0.667. The molecule has 0 aliphatic carbocycles. The van der Waals surface area contributed by atoms with Crippen LogP contribution >= 0.6 is 23.2 Å². The molecule has 1 aromatic heterocycles. The number of carbonyl (C=O) groups is 1. The van der Waals surface area contributed by atoms with E-state index in [1.54, 1.807) is 24.3 Å². The van der Waals surface area contributed by atoms with E-state index in [1.165, 1.54) is 0 Å². The third kappa shape index (κ3) is 2.86. The van der Waals surface area contributed by atoms with E-state index in [4.69, 9.17) is 32.4 Å². The second-order valence-corrected chi connectivity index (χ2v) is 5.04. The van der Waals surface area contributed by atoms with E-state index in [-0.39, 0.29) is 17.2 Å². The van der Waals surface area contributed by atoms with Crippen LogP contribution in [0.4, 0.5) is 0 Å². The lowest BCUT2D eigenvalue weighted by Crippen LogP contribution is -2.06. The molecule has 0 N–H and O–H groups in total. The lowest BCUT2D eigenvalue weighted by molar-refractivity contribution is 0.0440. The average molecular weight is 322 g/mol. The Morgan fingerprint density at radius 2 is 1.95 bits per heavy atom. The number of hydrogen-bond donors (Lipinski definition) is 0. The molecule has 106 valence electrons. The normalized spacial score (nSPS) is 10.8. The van der Waals surface area contributed by atoms with Crippen molar-refractivity contribution in [3.8, 4) is 0 Å². The van der Waals surface area contributed by atoms with Crippen molar-refractivity contribution in [1.82, 2.24) is 4.98 Å². The predicted molar refractivity (Wildman–Crippen MR) is 79.6 cm³/mol. The van der Waals surface area contributed by atoms with Crippen molar-refractivity contribution in [1.29, 1.82) is 0 Å². The summed E-state index contributed by atoms with van der Waals surface area (Å²) in [6.07, 6.45) is 0. The fraction of sp³-hybridized carbons (Fsp3) is 0.0667. The molecule has 3 aromatic rings. The van der Waals surface area contributed by atoms with Crippen LogP contribution in [0, 0.1) is 0 Å². The molecule has 0 spiro atoms. The molecule has 1 heterocycles. The number of rotatable bonds is 3. The van der Waals surface area contributed by atoms with Gasteiger partial charge in [-0.2, -0.15) is 0 Å². The molecule has 21 heavy (non-hydrogen) atoms. The van der Waals surface area contributed by atoms with Crippen molar-refractivity contribution in [3.05, 3.63) is 64.0 Å². The lowest BCUT2D eigenvalue weighted by Gasteiger charge is -2.05. The predicted octanol–water partition coefficient (Wildman–Crippen LogP) is 4.49. The van der Waals surface area contributed by atoms with Gasteiger partial charge in [0.2, 0.25) is 5.89 Å². The second kappa shape index (κ2) is 5.76. The first kappa shape index (κ1) is 13.9. The van der Waals surface area contributed by atoms with Crippen molar-refractivity contribution in [2.75, 3.05) is 0 Å². The maximum atomic E-state index is 12.0. The first-order chi connectivity index (χ1) is 10.1. The SMILES string of the molecule is O=C(OCc1nc2ccccc2o1)c1cccc(Cl)c1Cl. The van der Waals surface area contributed by atoms with Crippen LogP contribution in [0.5, 0.6) is 0 Å². The molecule has 0 unspecified atom stereocenters. The van der Waals surface area contributed by atoms with Crippen LogP contribution in [0.15, 0.2) is 46.9 Å². The molecule has 0 aliphatic heterocycles. The number of nitrogens with zero attached hydrogens (tertiary/aromatic N) is 1. The highest BCUT2D eigenvalue weighted by Gasteiger charge is 2.15. The van der Waals surface area contributed by atoms with E-state index in [1.807, 2.05) is 18.2 Å². The standard InChI is InChI=1S/C15H9Cl2NO3/c16-10-5-3-4-9(14(10)17)15(19)20-8-13-18-11-6-1-2-7-12(11)21-13/h1-7H,8H2. The van der Waals surface area contributed by atoms with Gasteiger partial charge in [-0.25, -0.2) is 9.78 Å². The molecule has 0 saturated carbocycles. The minimum atomic E-state index is -0.579. The summed E-state index contributed by atoms with van der Waals surface area (Å²) in [7, 11) is 0.